The monoisotopic (exact) mass is 295 g/mol. The molecule has 0 radical (unpaired) electrons. The summed E-state index contributed by atoms with van der Waals surface area (Å²) < 4.78 is 0. The van der Waals surface area contributed by atoms with Gasteiger partial charge in [-0.05, 0) is 38.0 Å². The highest BCUT2D eigenvalue weighted by molar-refractivity contribution is 7.99. The molecule has 0 spiro atoms. The normalized spacial score (nSPS) is 21.9. The molecule has 0 aromatic carbocycles. The van der Waals surface area contributed by atoms with Gasteiger partial charge < -0.3 is 10.4 Å². The van der Waals surface area contributed by atoms with Crippen LogP contribution >= 0.6 is 11.8 Å². The number of carbonyl (C=O) groups is 1. The number of aromatic carboxylic acids is 1. The summed E-state index contributed by atoms with van der Waals surface area (Å²) in [5, 5.41) is 21.4. The van der Waals surface area contributed by atoms with Crippen molar-refractivity contribution in [3.05, 3.63) is 16.8 Å². The van der Waals surface area contributed by atoms with Gasteiger partial charge >= 0.3 is 5.97 Å². The van der Waals surface area contributed by atoms with Crippen molar-refractivity contribution in [3.63, 3.8) is 0 Å². The number of carboxylic acid groups (broad SMARTS) is 1. The summed E-state index contributed by atoms with van der Waals surface area (Å²) in [5.74, 6) is 0.544. The Morgan fingerprint density at radius 1 is 1.40 bits per heavy atom. The standard InChI is InChI=1S/C14H21N3O2S/c1-4-20-11-7-5-6-10(11)15-13-12(14(18)19)8(2)9(3)16-17-13/h10-11H,4-7H2,1-3H3,(H,15,17)(H,18,19). The maximum atomic E-state index is 11.5. The largest absolute Gasteiger partial charge is 0.478 e. The predicted molar refractivity (Wildman–Crippen MR) is 81.6 cm³/mol. The third-order valence-electron chi connectivity index (χ3n) is 3.82. The lowest BCUT2D eigenvalue weighted by Crippen LogP contribution is -2.28. The van der Waals surface area contributed by atoms with Gasteiger partial charge in [0.2, 0.25) is 0 Å². The van der Waals surface area contributed by atoms with Crippen LogP contribution in [0.15, 0.2) is 0 Å². The van der Waals surface area contributed by atoms with Crippen LogP contribution in [-0.2, 0) is 0 Å². The second-order valence-electron chi connectivity index (χ2n) is 5.11. The zero-order chi connectivity index (χ0) is 14.7. The number of anilines is 1. The summed E-state index contributed by atoms with van der Waals surface area (Å²) in [6.45, 7) is 5.72. The van der Waals surface area contributed by atoms with E-state index in [1.54, 1.807) is 13.8 Å². The lowest BCUT2D eigenvalue weighted by molar-refractivity contribution is 0.0696. The number of hydrogen-bond donors (Lipinski definition) is 2. The quantitative estimate of drug-likeness (QED) is 0.870. The van der Waals surface area contributed by atoms with Crippen LogP contribution in [0.2, 0.25) is 0 Å². The van der Waals surface area contributed by atoms with Gasteiger partial charge in [0, 0.05) is 11.3 Å². The van der Waals surface area contributed by atoms with Gasteiger partial charge in [-0.25, -0.2) is 4.79 Å². The van der Waals surface area contributed by atoms with Crippen LogP contribution in [0, 0.1) is 13.8 Å². The summed E-state index contributed by atoms with van der Waals surface area (Å²) in [5.41, 5.74) is 1.61. The van der Waals surface area contributed by atoms with Crippen LogP contribution in [0.5, 0.6) is 0 Å². The smallest absolute Gasteiger partial charge is 0.339 e. The van der Waals surface area contributed by atoms with Crippen molar-refractivity contribution in [2.45, 2.75) is 51.3 Å². The Bertz CT molecular complexity index is 507. The summed E-state index contributed by atoms with van der Waals surface area (Å²) in [6.07, 6.45) is 3.41. The molecule has 6 heteroatoms. The highest BCUT2D eigenvalue weighted by Gasteiger charge is 2.29. The fourth-order valence-electron chi connectivity index (χ4n) is 2.65. The third-order valence-corrected chi connectivity index (χ3v) is 5.15. The van der Waals surface area contributed by atoms with Crippen LogP contribution in [0.25, 0.3) is 0 Å². The van der Waals surface area contributed by atoms with Gasteiger partial charge in [-0.15, -0.1) is 5.10 Å². The van der Waals surface area contributed by atoms with Gasteiger partial charge in [-0.1, -0.05) is 13.3 Å². The Morgan fingerprint density at radius 3 is 2.80 bits per heavy atom. The first-order chi connectivity index (χ1) is 9.54. The molecule has 1 aliphatic rings. The minimum absolute atomic E-state index is 0.254. The molecule has 0 saturated heterocycles. The fraction of sp³-hybridized carbons (Fsp3) is 0.643. The van der Waals surface area contributed by atoms with Crippen molar-refractivity contribution in [3.8, 4) is 0 Å². The Kier molecular flexibility index (Phi) is 4.86. The van der Waals surface area contributed by atoms with E-state index in [1.165, 1.54) is 12.8 Å². The zero-order valence-corrected chi connectivity index (χ0v) is 13.0. The third kappa shape index (κ3) is 3.06. The predicted octanol–water partition coefficient (Wildman–Crippen LogP) is 2.88. The van der Waals surface area contributed by atoms with Crippen molar-refractivity contribution >= 4 is 23.5 Å². The van der Waals surface area contributed by atoms with Gasteiger partial charge in [0.25, 0.3) is 0 Å². The first kappa shape index (κ1) is 15.1. The topological polar surface area (TPSA) is 75.1 Å². The van der Waals surface area contributed by atoms with E-state index in [-0.39, 0.29) is 11.6 Å². The molecular weight excluding hydrogens is 274 g/mol. The Labute approximate surface area is 123 Å². The number of thioether (sulfide) groups is 1. The number of rotatable bonds is 5. The number of aromatic nitrogens is 2. The second kappa shape index (κ2) is 6.43. The average molecular weight is 295 g/mol. The first-order valence-electron chi connectivity index (χ1n) is 6.99. The molecule has 110 valence electrons. The number of carboxylic acids is 1. The van der Waals surface area contributed by atoms with Crippen molar-refractivity contribution in [1.82, 2.24) is 10.2 Å². The molecule has 2 rings (SSSR count). The molecule has 2 unspecified atom stereocenters. The molecule has 1 aromatic heterocycles. The second-order valence-corrected chi connectivity index (χ2v) is 6.63. The van der Waals surface area contributed by atoms with Crippen LogP contribution in [0.3, 0.4) is 0 Å². The van der Waals surface area contributed by atoms with Crippen LogP contribution in [0.4, 0.5) is 5.82 Å². The van der Waals surface area contributed by atoms with E-state index >= 15 is 0 Å². The highest BCUT2D eigenvalue weighted by Crippen LogP contribution is 2.32. The average Bonchev–Trinajstić information content (AvgIpc) is 2.81. The number of aryl methyl sites for hydroxylation is 1. The van der Waals surface area contributed by atoms with E-state index in [2.05, 4.69) is 22.4 Å². The molecule has 5 nitrogen and oxygen atoms in total. The molecule has 20 heavy (non-hydrogen) atoms. The molecule has 2 N–H and O–H groups in total. The van der Waals surface area contributed by atoms with Crippen molar-refractivity contribution in [1.29, 1.82) is 0 Å². The highest BCUT2D eigenvalue weighted by atomic mass is 32.2. The molecular formula is C14H21N3O2S. The van der Waals surface area contributed by atoms with E-state index in [4.69, 9.17) is 0 Å². The lowest BCUT2D eigenvalue weighted by atomic mass is 10.1. The van der Waals surface area contributed by atoms with E-state index in [0.717, 1.165) is 12.2 Å². The van der Waals surface area contributed by atoms with Crippen molar-refractivity contribution < 1.29 is 9.90 Å². The minimum Gasteiger partial charge on any atom is -0.478 e. The molecule has 2 atom stereocenters. The van der Waals surface area contributed by atoms with E-state index in [0.29, 0.717) is 22.3 Å². The van der Waals surface area contributed by atoms with E-state index < -0.39 is 5.97 Å². The maximum absolute atomic E-state index is 11.5. The molecule has 1 aromatic rings. The number of hydrogen-bond acceptors (Lipinski definition) is 5. The van der Waals surface area contributed by atoms with Gasteiger partial charge in [-0.2, -0.15) is 16.9 Å². The molecule has 1 heterocycles. The molecule has 1 aliphatic carbocycles. The van der Waals surface area contributed by atoms with Crippen LogP contribution < -0.4 is 5.32 Å². The molecule has 0 bridgehead atoms. The van der Waals surface area contributed by atoms with Crippen molar-refractivity contribution in [2.75, 3.05) is 11.1 Å². The van der Waals surface area contributed by atoms with Gasteiger partial charge in [-0.3, -0.25) is 0 Å². The molecule has 0 aliphatic heterocycles. The van der Waals surface area contributed by atoms with Gasteiger partial charge in [0.1, 0.15) is 5.56 Å². The van der Waals surface area contributed by atoms with Gasteiger partial charge in [0.05, 0.1) is 5.69 Å². The molecule has 0 amide bonds. The fourth-order valence-corrected chi connectivity index (χ4v) is 3.85. The SMILES string of the molecule is CCSC1CCCC1Nc1nnc(C)c(C)c1C(=O)O. The van der Waals surface area contributed by atoms with Crippen molar-refractivity contribution in [2.24, 2.45) is 0 Å². The Hall–Kier alpha value is -1.30. The number of nitrogens with one attached hydrogen (secondary N) is 1. The summed E-state index contributed by atoms with van der Waals surface area (Å²) in [4.78, 5) is 11.5. The minimum atomic E-state index is -0.944. The first-order valence-corrected chi connectivity index (χ1v) is 8.04. The molecule has 1 fully saturated rings. The summed E-state index contributed by atoms with van der Waals surface area (Å²) in [7, 11) is 0. The maximum Gasteiger partial charge on any atom is 0.339 e. The number of nitrogens with zero attached hydrogens (tertiary/aromatic N) is 2. The lowest BCUT2D eigenvalue weighted by Gasteiger charge is -2.21. The summed E-state index contributed by atoms with van der Waals surface area (Å²) in [6, 6.07) is 0.287. The Balaban J connectivity index is 2.25. The Morgan fingerprint density at radius 2 is 2.15 bits per heavy atom. The van der Waals surface area contributed by atoms with Crippen LogP contribution in [-0.4, -0.2) is 38.3 Å². The summed E-state index contributed by atoms with van der Waals surface area (Å²) >= 11 is 1.93. The van der Waals surface area contributed by atoms with Crippen LogP contribution in [0.1, 0.15) is 47.8 Å². The zero-order valence-electron chi connectivity index (χ0n) is 12.1. The van der Waals surface area contributed by atoms with E-state index in [1.807, 2.05) is 11.8 Å². The van der Waals surface area contributed by atoms with E-state index in [9.17, 15) is 9.90 Å². The molecule has 1 saturated carbocycles. The van der Waals surface area contributed by atoms with Gasteiger partial charge in [0.15, 0.2) is 5.82 Å².